The van der Waals surface area contributed by atoms with E-state index in [-0.39, 0.29) is 11.8 Å². The third-order valence-corrected chi connectivity index (χ3v) is 7.85. The summed E-state index contributed by atoms with van der Waals surface area (Å²) in [4.78, 5) is 30.0. The molecule has 0 aliphatic carbocycles. The van der Waals surface area contributed by atoms with Crippen LogP contribution in [-0.4, -0.2) is 36.1 Å². The molecule has 0 radical (unpaired) electrons. The van der Waals surface area contributed by atoms with Gasteiger partial charge in [-0.05, 0) is 55.0 Å². The lowest BCUT2D eigenvalue weighted by Crippen LogP contribution is -2.50. The van der Waals surface area contributed by atoms with Gasteiger partial charge in [0.15, 0.2) is 4.87 Å². The zero-order valence-corrected chi connectivity index (χ0v) is 19.9. The van der Waals surface area contributed by atoms with Gasteiger partial charge in [0.1, 0.15) is 5.75 Å². The number of halogens is 1. The Balaban J connectivity index is 1.56. The molecule has 1 saturated heterocycles. The highest BCUT2D eigenvalue weighted by molar-refractivity contribution is 8.01. The highest BCUT2D eigenvalue weighted by Gasteiger charge is 2.59. The fourth-order valence-electron chi connectivity index (χ4n) is 4.51. The summed E-state index contributed by atoms with van der Waals surface area (Å²) >= 11 is 7.88. The van der Waals surface area contributed by atoms with Crippen LogP contribution in [0.4, 0.5) is 5.69 Å². The van der Waals surface area contributed by atoms with Crippen LogP contribution in [0, 0.1) is 6.92 Å². The fourth-order valence-corrected chi connectivity index (χ4v) is 6.13. The number of methoxy groups -OCH3 is 1. The number of carbonyl (C=O) groups excluding carboxylic acids is 2. The Morgan fingerprint density at radius 3 is 2.52 bits per heavy atom. The molecule has 1 fully saturated rings. The average Bonchev–Trinajstić information content (AvgIpc) is 3.37. The molecule has 0 aromatic heterocycles. The first-order valence-corrected chi connectivity index (χ1v) is 12.1. The zero-order valence-electron chi connectivity index (χ0n) is 18.4. The van der Waals surface area contributed by atoms with Crippen molar-refractivity contribution in [3.63, 3.8) is 0 Å². The third-order valence-electron chi connectivity index (χ3n) is 6.20. The second-order valence-corrected chi connectivity index (χ2v) is 9.94. The van der Waals surface area contributed by atoms with E-state index in [0.29, 0.717) is 35.2 Å². The summed E-state index contributed by atoms with van der Waals surface area (Å²) in [5.41, 5.74) is 4.29. The normalized spacial score (nSPS) is 19.3. The average molecular weight is 479 g/mol. The highest BCUT2D eigenvalue weighted by atomic mass is 35.5. The Kier molecular flexibility index (Phi) is 5.59. The first-order chi connectivity index (χ1) is 15.9. The van der Waals surface area contributed by atoms with Gasteiger partial charge in [-0.1, -0.05) is 41.4 Å². The standard InChI is InChI=1S/C26H23ClN2O3S/c1-17-3-5-18(6-4-17)16-28-23-12-9-20(27)15-22(23)26(25(28)31)29(13-14-33-26)24(30)19-7-10-21(32-2)11-8-19/h3-12,15H,13-14,16H2,1-2H3/t26-/m0/s1. The van der Waals surface area contributed by atoms with E-state index in [1.54, 1.807) is 47.2 Å². The summed E-state index contributed by atoms with van der Waals surface area (Å²) in [7, 11) is 1.59. The first-order valence-electron chi connectivity index (χ1n) is 10.7. The van der Waals surface area contributed by atoms with E-state index in [4.69, 9.17) is 16.3 Å². The van der Waals surface area contributed by atoms with Gasteiger partial charge >= 0.3 is 0 Å². The summed E-state index contributed by atoms with van der Waals surface area (Å²) in [6.45, 7) is 2.95. The summed E-state index contributed by atoms with van der Waals surface area (Å²) in [6, 6.07) is 20.6. The van der Waals surface area contributed by atoms with Crippen molar-refractivity contribution in [2.75, 3.05) is 24.3 Å². The third kappa shape index (κ3) is 3.58. The molecule has 1 spiro atoms. The molecule has 5 rings (SSSR count). The Morgan fingerprint density at radius 1 is 1.09 bits per heavy atom. The molecule has 3 aromatic rings. The number of carbonyl (C=O) groups is 2. The second-order valence-electron chi connectivity index (χ2n) is 8.22. The highest BCUT2D eigenvalue weighted by Crippen LogP contribution is 2.55. The van der Waals surface area contributed by atoms with Gasteiger partial charge in [-0.2, -0.15) is 0 Å². The largest absolute Gasteiger partial charge is 0.497 e. The van der Waals surface area contributed by atoms with E-state index < -0.39 is 4.87 Å². The van der Waals surface area contributed by atoms with Crippen molar-refractivity contribution >= 4 is 40.9 Å². The van der Waals surface area contributed by atoms with Crippen LogP contribution in [0.25, 0.3) is 0 Å². The molecule has 2 aliphatic rings. The Labute approximate surface area is 202 Å². The summed E-state index contributed by atoms with van der Waals surface area (Å²) in [5.74, 6) is 1.05. The Morgan fingerprint density at radius 2 is 1.82 bits per heavy atom. The van der Waals surface area contributed by atoms with E-state index in [0.717, 1.165) is 22.4 Å². The number of anilines is 1. The molecular weight excluding hydrogens is 456 g/mol. The van der Waals surface area contributed by atoms with Gasteiger partial charge in [0.2, 0.25) is 0 Å². The number of rotatable bonds is 4. The molecule has 5 nitrogen and oxygen atoms in total. The molecule has 2 aliphatic heterocycles. The van der Waals surface area contributed by atoms with Crippen LogP contribution in [0.15, 0.2) is 66.7 Å². The van der Waals surface area contributed by atoms with Gasteiger partial charge in [-0.25, -0.2) is 0 Å². The number of fused-ring (bicyclic) bond motifs is 2. The SMILES string of the molecule is COc1ccc(C(=O)N2CCS[C@@]23C(=O)N(Cc2ccc(C)cc2)c2ccc(Cl)cc23)cc1. The van der Waals surface area contributed by atoms with Gasteiger partial charge in [0, 0.05) is 28.4 Å². The van der Waals surface area contributed by atoms with Crippen molar-refractivity contribution in [2.45, 2.75) is 18.3 Å². The van der Waals surface area contributed by atoms with Crippen LogP contribution >= 0.6 is 23.4 Å². The molecule has 0 unspecified atom stereocenters. The first kappa shape index (κ1) is 21.9. The minimum atomic E-state index is -1.12. The van der Waals surface area contributed by atoms with Gasteiger partial charge in [-0.3, -0.25) is 9.59 Å². The summed E-state index contributed by atoms with van der Waals surface area (Å²) < 4.78 is 5.22. The van der Waals surface area contributed by atoms with E-state index in [9.17, 15) is 9.59 Å². The number of amides is 2. The van der Waals surface area contributed by atoms with E-state index in [1.165, 1.54) is 11.8 Å². The van der Waals surface area contributed by atoms with E-state index in [2.05, 4.69) is 0 Å². The van der Waals surface area contributed by atoms with Crippen molar-refractivity contribution in [1.82, 2.24) is 4.90 Å². The van der Waals surface area contributed by atoms with Gasteiger partial charge in [0.05, 0.1) is 19.3 Å². The molecule has 0 saturated carbocycles. The molecule has 7 heteroatoms. The molecule has 2 amide bonds. The summed E-state index contributed by atoms with van der Waals surface area (Å²) in [6.07, 6.45) is 0. The molecular formula is C26H23ClN2O3S. The van der Waals surface area contributed by atoms with E-state index >= 15 is 0 Å². The minimum absolute atomic E-state index is 0.107. The van der Waals surface area contributed by atoms with Crippen LogP contribution in [0.5, 0.6) is 5.75 Å². The van der Waals surface area contributed by atoms with Crippen LogP contribution < -0.4 is 9.64 Å². The molecule has 33 heavy (non-hydrogen) atoms. The number of nitrogens with zero attached hydrogens (tertiary/aromatic N) is 2. The lowest BCUT2D eigenvalue weighted by atomic mass is 10.0. The van der Waals surface area contributed by atoms with Gasteiger partial charge in [-0.15, -0.1) is 11.8 Å². The molecule has 168 valence electrons. The van der Waals surface area contributed by atoms with Crippen molar-refractivity contribution in [1.29, 1.82) is 0 Å². The monoisotopic (exact) mass is 478 g/mol. The number of hydrogen-bond acceptors (Lipinski definition) is 4. The predicted molar refractivity (Wildman–Crippen MR) is 132 cm³/mol. The second kappa shape index (κ2) is 8.43. The molecule has 3 aromatic carbocycles. The topological polar surface area (TPSA) is 49.9 Å². The number of benzene rings is 3. The van der Waals surface area contributed by atoms with Crippen molar-refractivity contribution in [3.05, 3.63) is 94.0 Å². The Bertz CT molecular complexity index is 1230. The number of aryl methyl sites for hydroxylation is 1. The summed E-state index contributed by atoms with van der Waals surface area (Å²) in [5, 5.41) is 0.544. The van der Waals surface area contributed by atoms with Crippen molar-refractivity contribution < 1.29 is 14.3 Å². The fraction of sp³-hybridized carbons (Fsp3) is 0.231. The maximum Gasteiger partial charge on any atom is 0.268 e. The quantitative estimate of drug-likeness (QED) is 0.514. The number of ether oxygens (including phenoxy) is 1. The molecule has 2 heterocycles. The number of thioether (sulfide) groups is 1. The Hall–Kier alpha value is -2.96. The molecule has 1 atom stereocenters. The lowest BCUT2D eigenvalue weighted by molar-refractivity contribution is -0.123. The van der Waals surface area contributed by atoms with Crippen LogP contribution in [-0.2, 0) is 16.2 Å². The smallest absolute Gasteiger partial charge is 0.268 e. The maximum absolute atomic E-state index is 14.1. The van der Waals surface area contributed by atoms with Gasteiger partial charge in [0.25, 0.3) is 11.8 Å². The number of hydrogen-bond donors (Lipinski definition) is 0. The van der Waals surface area contributed by atoms with Crippen molar-refractivity contribution in [2.24, 2.45) is 0 Å². The van der Waals surface area contributed by atoms with Crippen molar-refractivity contribution in [3.8, 4) is 5.75 Å². The predicted octanol–water partition coefficient (Wildman–Crippen LogP) is 5.25. The van der Waals surface area contributed by atoms with Crippen LogP contribution in [0.2, 0.25) is 5.02 Å². The molecule has 0 N–H and O–H groups in total. The van der Waals surface area contributed by atoms with Gasteiger partial charge < -0.3 is 14.5 Å². The van der Waals surface area contributed by atoms with Crippen LogP contribution in [0.3, 0.4) is 0 Å². The maximum atomic E-state index is 14.1. The van der Waals surface area contributed by atoms with E-state index in [1.807, 2.05) is 43.3 Å². The van der Waals surface area contributed by atoms with Crippen LogP contribution in [0.1, 0.15) is 27.0 Å². The molecule has 0 bridgehead atoms. The minimum Gasteiger partial charge on any atom is -0.497 e. The lowest BCUT2D eigenvalue weighted by Gasteiger charge is -2.33. The zero-order chi connectivity index (χ0) is 23.2.